The molecule has 0 atom stereocenters. The zero-order valence-electron chi connectivity index (χ0n) is 13.6. The molecule has 26 heavy (non-hydrogen) atoms. The summed E-state index contributed by atoms with van der Waals surface area (Å²) in [6.45, 7) is 0.156. The second-order valence-electron chi connectivity index (χ2n) is 5.56. The summed E-state index contributed by atoms with van der Waals surface area (Å²) in [6, 6.07) is 15.0. The van der Waals surface area contributed by atoms with Gasteiger partial charge in [-0.3, -0.25) is 4.99 Å². The topological polar surface area (TPSA) is 82.3 Å². The molecule has 0 saturated heterocycles. The number of aliphatic imine (C=N–C) groups is 1. The van der Waals surface area contributed by atoms with E-state index < -0.39 is 5.82 Å². The molecule has 0 saturated carbocycles. The molecule has 0 aromatic heterocycles. The van der Waals surface area contributed by atoms with E-state index in [2.05, 4.69) is 4.99 Å². The van der Waals surface area contributed by atoms with E-state index in [0.29, 0.717) is 11.3 Å². The Balaban J connectivity index is 1.63. The third-order valence-electron chi connectivity index (χ3n) is 3.63. The lowest BCUT2D eigenvalue weighted by Gasteiger charge is -2.08. The molecular formula is C20H16FNO4. The van der Waals surface area contributed by atoms with Crippen LogP contribution in [0.2, 0.25) is 0 Å². The predicted octanol–water partition coefficient (Wildman–Crippen LogP) is 4.27. The first-order chi connectivity index (χ1) is 12.5. The molecule has 3 rings (SSSR count). The molecule has 0 radical (unpaired) electrons. The Hall–Kier alpha value is -3.54. The summed E-state index contributed by atoms with van der Waals surface area (Å²) in [7, 11) is 0. The maximum Gasteiger partial charge on any atom is 0.144 e. The number of nitrogens with zero attached hydrogens (tertiary/aromatic N) is 1. The largest absolute Gasteiger partial charge is 0.508 e. The number of ether oxygens (including phenoxy) is 1. The van der Waals surface area contributed by atoms with Gasteiger partial charge in [-0.05, 0) is 54.1 Å². The molecule has 0 bridgehead atoms. The van der Waals surface area contributed by atoms with E-state index in [4.69, 9.17) is 4.74 Å². The van der Waals surface area contributed by atoms with Gasteiger partial charge >= 0.3 is 0 Å². The smallest absolute Gasteiger partial charge is 0.144 e. The second-order valence-corrected chi connectivity index (χ2v) is 5.56. The fourth-order valence-electron chi connectivity index (χ4n) is 2.24. The van der Waals surface area contributed by atoms with E-state index >= 15 is 0 Å². The van der Waals surface area contributed by atoms with Gasteiger partial charge in [0.05, 0.1) is 0 Å². The van der Waals surface area contributed by atoms with Gasteiger partial charge in [-0.2, -0.15) is 0 Å². The van der Waals surface area contributed by atoms with Crippen molar-refractivity contribution in [1.29, 1.82) is 0 Å². The molecule has 0 aliphatic heterocycles. The zero-order valence-corrected chi connectivity index (χ0v) is 13.6. The van der Waals surface area contributed by atoms with Gasteiger partial charge in [-0.15, -0.1) is 0 Å². The van der Waals surface area contributed by atoms with Gasteiger partial charge < -0.3 is 20.1 Å². The molecule has 0 aliphatic carbocycles. The highest BCUT2D eigenvalue weighted by Crippen LogP contribution is 2.27. The Bertz CT molecular complexity index is 939. The van der Waals surface area contributed by atoms with Crippen LogP contribution < -0.4 is 4.74 Å². The quantitative estimate of drug-likeness (QED) is 0.598. The molecule has 132 valence electrons. The van der Waals surface area contributed by atoms with Crippen molar-refractivity contribution >= 4 is 11.9 Å². The highest BCUT2D eigenvalue weighted by atomic mass is 19.1. The van der Waals surface area contributed by atoms with Gasteiger partial charge in [0.1, 0.15) is 41.1 Å². The molecule has 0 heterocycles. The highest BCUT2D eigenvalue weighted by Gasteiger charge is 2.04. The molecule has 3 N–H and O–H groups in total. The zero-order chi connectivity index (χ0) is 18.5. The SMILES string of the molecule is Oc1ccc(COc2ccc(C=Nc3ccc(F)cc3O)cc2)c(O)c1. The lowest BCUT2D eigenvalue weighted by Crippen LogP contribution is -1.96. The number of benzene rings is 3. The van der Waals surface area contributed by atoms with E-state index in [0.717, 1.165) is 11.6 Å². The Labute approximate surface area is 149 Å². The van der Waals surface area contributed by atoms with Crippen molar-refractivity contribution in [3.63, 3.8) is 0 Å². The Morgan fingerprint density at radius 2 is 1.65 bits per heavy atom. The average Bonchev–Trinajstić information content (AvgIpc) is 2.61. The maximum absolute atomic E-state index is 12.9. The predicted molar refractivity (Wildman–Crippen MR) is 95.9 cm³/mol. The maximum atomic E-state index is 12.9. The van der Waals surface area contributed by atoms with Crippen LogP contribution in [0.25, 0.3) is 0 Å². The van der Waals surface area contributed by atoms with E-state index in [-0.39, 0.29) is 29.5 Å². The summed E-state index contributed by atoms with van der Waals surface area (Å²) in [5.74, 6) is -0.202. The number of hydrogen-bond acceptors (Lipinski definition) is 5. The third-order valence-corrected chi connectivity index (χ3v) is 3.63. The molecule has 0 aliphatic rings. The van der Waals surface area contributed by atoms with Gasteiger partial charge in [0.2, 0.25) is 0 Å². The first-order valence-electron chi connectivity index (χ1n) is 7.77. The number of hydrogen-bond donors (Lipinski definition) is 3. The molecule has 0 spiro atoms. The van der Waals surface area contributed by atoms with Crippen LogP contribution in [-0.4, -0.2) is 21.5 Å². The number of rotatable bonds is 5. The van der Waals surface area contributed by atoms with E-state index in [1.807, 2.05) is 0 Å². The van der Waals surface area contributed by atoms with Crippen LogP contribution in [0.3, 0.4) is 0 Å². The van der Waals surface area contributed by atoms with Crippen LogP contribution in [0.5, 0.6) is 23.0 Å². The van der Waals surface area contributed by atoms with Crippen LogP contribution in [0.15, 0.2) is 65.7 Å². The van der Waals surface area contributed by atoms with Crippen molar-refractivity contribution in [1.82, 2.24) is 0 Å². The fourth-order valence-corrected chi connectivity index (χ4v) is 2.24. The normalized spacial score (nSPS) is 11.0. The molecular weight excluding hydrogens is 337 g/mol. The van der Waals surface area contributed by atoms with Crippen LogP contribution in [0.1, 0.15) is 11.1 Å². The van der Waals surface area contributed by atoms with E-state index in [1.165, 1.54) is 24.3 Å². The Morgan fingerprint density at radius 1 is 0.885 bits per heavy atom. The summed E-state index contributed by atoms with van der Waals surface area (Å²) in [4.78, 5) is 4.12. The summed E-state index contributed by atoms with van der Waals surface area (Å²) in [5, 5.41) is 28.6. The van der Waals surface area contributed by atoms with Crippen LogP contribution in [0.4, 0.5) is 10.1 Å². The molecule has 3 aromatic rings. The molecule has 0 unspecified atom stereocenters. The lowest BCUT2D eigenvalue weighted by molar-refractivity contribution is 0.298. The van der Waals surface area contributed by atoms with Crippen molar-refractivity contribution in [3.8, 4) is 23.0 Å². The van der Waals surface area contributed by atoms with Crippen molar-refractivity contribution < 1.29 is 24.4 Å². The number of aromatic hydroxyl groups is 3. The number of halogens is 1. The van der Waals surface area contributed by atoms with Gasteiger partial charge in [0.15, 0.2) is 0 Å². The van der Waals surface area contributed by atoms with Gasteiger partial charge in [-0.1, -0.05) is 0 Å². The first kappa shape index (κ1) is 17.3. The summed E-state index contributed by atoms with van der Waals surface area (Å²) in [6.07, 6.45) is 1.54. The summed E-state index contributed by atoms with van der Waals surface area (Å²) >= 11 is 0. The Kier molecular flexibility index (Phi) is 5.03. The van der Waals surface area contributed by atoms with Gasteiger partial charge in [-0.25, -0.2) is 4.39 Å². The Morgan fingerprint density at radius 3 is 2.35 bits per heavy atom. The van der Waals surface area contributed by atoms with Crippen LogP contribution in [0, 0.1) is 5.82 Å². The minimum atomic E-state index is -0.525. The minimum Gasteiger partial charge on any atom is -0.508 e. The first-order valence-corrected chi connectivity index (χ1v) is 7.77. The fraction of sp³-hybridized carbons (Fsp3) is 0.0500. The van der Waals surface area contributed by atoms with Crippen molar-refractivity contribution in [3.05, 3.63) is 77.6 Å². The lowest BCUT2D eigenvalue weighted by atomic mass is 10.2. The standard InChI is InChI=1S/C20H16FNO4/c21-15-4-8-18(20(25)9-15)22-11-13-1-6-17(7-2-13)26-12-14-3-5-16(23)10-19(14)24/h1-11,23-25H,12H2. The van der Waals surface area contributed by atoms with Crippen LogP contribution in [-0.2, 0) is 6.61 Å². The van der Waals surface area contributed by atoms with Gasteiger partial charge in [0.25, 0.3) is 0 Å². The van der Waals surface area contributed by atoms with E-state index in [9.17, 15) is 19.7 Å². The highest BCUT2D eigenvalue weighted by molar-refractivity contribution is 5.82. The molecule has 0 amide bonds. The van der Waals surface area contributed by atoms with Gasteiger partial charge in [0, 0.05) is 23.9 Å². The van der Waals surface area contributed by atoms with Crippen molar-refractivity contribution in [2.24, 2.45) is 4.99 Å². The minimum absolute atomic E-state index is 0.0120. The molecule has 5 nitrogen and oxygen atoms in total. The van der Waals surface area contributed by atoms with Crippen LogP contribution >= 0.6 is 0 Å². The molecule has 6 heteroatoms. The summed E-state index contributed by atoms with van der Waals surface area (Å²) < 4.78 is 18.5. The average molecular weight is 353 g/mol. The number of phenolic OH excluding ortho intramolecular Hbond substituents is 3. The van der Waals surface area contributed by atoms with Crippen molar-refractivity contribution in [2.45, 2.75) is 6.61 Å². The van der Waals surface area contributed by atoms with Crippen molar-refractivity contribution in [2.75, 3.05) is 0 Å². The van der Waals surface area contributed by atoms with E-state index in [1.54, 1.807) is 36.5 Å². The summed E-state index contributed by atoms with van der Waals surface area (Å²) in [5.41, 5.74) is 1.60. The third kappa shape index (κ3) is 4.30. The second kappa shape index (κ2) is 7.57. The molecule has 0 fully saturated rings. The molecule has 3 aromatic carbocycles. The number of phenols is 3. The monoisotopic (exact) mass is 353 g/mol.